The molecule has 1 nitrogen and oxygen atoms in total. The van der Waals surface area contributed by atoms with Crippen molar-refractivity contribution in [3.8, 4) is 0 Å². The quantitative estimate of drug-likeness (QED) is 0.419. The van der Waals surface area contributed by atoms with E-state index in [-0.39, 0.29) is 0 Å². The Labute approximate surface area is 133 Å². The predicted octanol–water partition coefficient (Wildman–Crippen LogP) is 6.05. The van der Waals surface area contributed by atoms with Crippen LogP contribution in [0.4, 0.5) is 0 Å². The van der Waals surface area contributed by atoms with Gasteiger partial charge in [-0.1, -0.05) is 52.0 Å². The van der Waals surface area contributed by atoms with Crippen LogP contribution in [0, 0.1) is 17.8 Å². The molecule has 0 amide bonds. The van der Waals surface area contributed by atoms with Gasteiger partial charge in [-0.2, -0.15) is 0 Å². The van der Waals surface area contributed by atoms with Crippen LogP contribution in [0.15, 0.2) is 36.6 Å². The van der Waals surface area contributed by atoms with Gasteiger partial charge >= 0.3 is 0 Å². The summed E-state index contributed by atoms with van der Waals surface area (Å²) in [5, 5.41) is 0. The average Bonchev–Trinajstić information content (AvgIpc) is 2.34. The fourth-order valence-electron chi connectivity index (χ4n) is 2.74. The van der Waals surface area contributed by atoms with E-state index in [4.69, 9.17) is 0 Å². The highest BCUT2D eigenvalue weighted by Crippen LogP contribution is 2.28. The maximum Gasteiger partial charge on any atom is 0.0174 e. The molecule has 0 bridgehead atoms. The topological polar surface area (TPSA) is 3.24 Å². The Kier molecular flexibility index (Phi) is 9.41. The van der Waals surface area contributed by atoms with Crippen molar-refractivity contribution in [3.63, 3.8) is 0 Å². The van der Waals surface area contributed by atoms with Gasteiger partial charge in [-0.25, -0.2) is 0 Å². The molecule has 0 radical (unpaired) electrons. The minimum absolute atomic E-state index is 0.576. The van der Waals surface area contributed by atoms with E-state index in [2.05, 4.69) is 66.3 Å². The van der Waals surface area contributed by atoms with Crippen molar-refractivity contribution in [3.05, 3.63) is 36.6 Å². The normalized spacial score (nSPS) is 12.6. The lowest BCUT2D eigenvalue weighted by atomic mass is 9.82. The Morgan fingerprint density at radius 1 is 1.00 bits per heavy atom. The van der Waals surface area contributed by atoms with Gasteiger partial charge in [-0.3, -0.25) is 0 Å². The largest absolute Gasteiger partial charge is 0.378 e. The summed E-state index contributed by atoms with van der Waals surface area (Å²) in [6.07, 6.45) is 4.43. The zero-order valence-corrected chi connectivity index (χ0v) is 15.3. The van der Waals surface area contributed by atoms with E-state index in [0.717, 1.165) is 32.2 Å². The highest BCUT2D eigenvalue weighted by Gasteiger charge is 2.17. The van der Waals surface area contributed by atoms with E-state index in [1.807, 2.05) is 0 Å². The van der Waals surface area contributed by atoms with E-state index in [1.165, 1.54) is 16.8 Å². The van der Waals surface area contributed by atoms with Gasteiger partial charge in [-0.05, 0) is 50.4 Å². The Bertz CT molecular complexity index is 349. The molecule has 0 aliphatic rings. The Hall–Kier alpha value is -0.980. The molecule has 0 aromatic rings. The summed E-state index contributed by atoms with van der Waals surface area (Å²) in [5.74, 6) is 1.89. The lowest BCUT2D eigenvalue weighted by molar-refractivity contribution is 0.368. The summed E-state index contributed by atoms with van der Waals surface area (Å²) in [5.41, 5.74) is 3.89. The second kappa shape index (κ2) is 9.87. The molecule has 21 heavy (non-hydrogen) atoms. The first-order chi connectivity index (χ1) is 9.65. The lowest BCUT2D eigenvalue weighted by Crippen LogP contribution is -2.20. The first kappa shape index (κ1) is 20.0. The van der Waals surface area contributed by atoms with Crippen LogP contribution < -0.4 is 0 Å². The molecule has 122 valence electrons. The second-order valence-electron chi connectivity index (χ2n) is 7.36. The van der Waals surface area contributed by atoms with Crippen molar-refractivity contribution in [2.75, 3.05) is 13.6 Å². The van der Waals surface area contributed by atoms with Crippen LogP contribution in [-0.2, 0) is 0 Å². The Balaban J connectivity index is 4.22. The summed E-state index contributed by atoms with van der Waals surface area (Å²) in [6.45, 7) is 24.8. The van der Waals surface area contributed by atoms with Crippen molar-refractivity contribution in [1.29, 1.82) is 0 Å². The molecule has 0 saturated heterocycles. The van der Waals surface area contributed by atoms with Gasteiger partial charge in [0.1, 0.15) is 0 Å². The molecule has 1 atom stereocenters. The maximum absolute atomic E-state index is 4.34. The molecule has 0 aromatic carbocycles. The van der Waals surface area contributed by atoms with Crippen molar-refractivity contribution < 1.29 is 0 Å². The molecule has 0 aliphatic carbocycles. The van der Waals surface area contributed by atoms with Crippen LogP contribution in [-0.4, -0.2) is 18.5 Å². The van der Waals surface area contributed by atoms with E-state index in [1.54, 1.807) is 0 Å². The summed E-state index contributed by atoms with van der Waals surface area (Å²) >= 11 is 0. The smallest absolute Gasteiger partial charge is 0.0174 e. The van der Waals surface area contributed by atoms with Crippen LogP contribution in [0.1, 0.15) is 60.3 Å². The minimum Gasteiger partial charge on any atom is -0.378 e. The Morgan fingerprint density at radius 3 is 2.00 bits per heavy atom. The summed E-state index contributed by atoms with van der Waals surface area (Å²) < 4.78 is 0. The first-order valence-electron chi connectivity index (χ1n) is 8.36. The first-order valence-corrected chi connectivity index (χ1v) is 8.36. The molecule has 0 fully saturated rings. The van der Waals surface area contributed by atoms with Gasteiger partial charge in [0, 0.05) is 19.3 Å². The third-order valence-corrected chi connectivity index (χ3v) is 4.07. The maximum atomic E-state index is 4.34. The second-order valence-corrected chi connectivity index (χ2v) is 7.36. The SMILES string of the molecule is C=C(C)CC(C(=C)CCCN(C)C(=C)CC(C)C)C(C)C. The molecule has 1 unspecified atom stereocenters. The average molecular weight is 292 g/mol. The molecule has 0 heterocycles. The predicted molar refractivity (Wildman–Crippen MR) is 97.4 cm³/mol. The standard InChI is InChI=1S/C20H37N/c1-15(2)13-19(8)21(9)12-10-11-18(7)20(17(5)6)14-16(3)4/h15,17,20H,3,7-8,10-14H2,1-2,4-6,9H3. The molecule has 1 heteroatoms. The highest BCUT2D eigenvalue weighted by molar-refractivity contribution is 5.07. The van der Waals surface area contributed by atoms with Gasteiger partial charge in [0.15, 0.2) is 0 Å². The van der Waals surface area contributed by atoms with Crippen LogP contribution in [0.5, 0.6) is 0 Å². The fourth-order valence-corrected chi connectivity index (χ4v) is 2.74. The van der Waals surface area contributed by atoms with Crippen molar-refractivity contribution >= 4 is 0 Å². The van der Waals surface area contributed by atoms with Crippen molar-refractivity contribution in [2.45, 2.75) is 60.3 Å². The van der Waals surface area contributed by atoms with E-state index in [0.29, 0.717) is 17.8 Å². The highest BCUT2D eigenvalue weighted by atomic mass is 15.1. The van der Waals surface area contributed by atoms with Crippen LogP contribution in [0.3, 0.4) is 0 Å². The third-order valence-electron chi connectivity index (χ3n) is 4.07. The van der Waals surface area contributed by atoms with Gasteiger partial charge < -0.3 is 4.90 Å². The monoisotopic (exact) mass is 291 g/mol. The number of hydrogen-bond donors (Lipinski definition) is 0. The summed E-state index contributed by atoms with van der Waals surface area (Å²) in [4.78, 5) is 2.30. The molecular formula is C20H37N. The molecule has 0 N–H and O–H groups in total. The van der Waals surface area contributed by atoms with Crippen molar-refractivity contribution in [2.24, 2.45) is 17.8 Å². The molecular weight excluding hydrogens is 254 g/mol. The van der Waals surface area contributed by atoms with Gasteiger partial charge in [-0.15, -0.1) is 6.58 Å². The molecule has 0 rings (SSSR count). The van der Waals surface area contributed by atoms with Crippen LogP contribution >= 0.6 is 0 Å². The number of hydrogen-bond acceptors (Lipinski definition) is 1. The zero-order chi connectivity index (χ0) is 16.6. The van der Waals surface area contributed by atoms with Crippen LogP contribution in [0.25, 0.3) is 0 Å². The number of allylic oxidation sites excluding steroid dienone is 3. The van der Waals surface area contributed by atoms with Gasteiger partial charge in [0.25, 0.3) is 0 Å². The molecule has 0 saturated carbocycles. The Morgan fingerprint density at radius 2 is 1.57 bits per heavy atom. The van der Waals surface area contributed by atoms with Crippen molar-refractivity contribution in [1.82, 2.24) is 4.90 Å². The number of rotatable bonds is 11. The van der Waals surface area contributed by atoms with E-state index < -0.39 is 0 Å². The zero-order valence-electron chi connectivity index (χ0n) is 15.3. The minimum atomic E-state index is 0.576. The van der Waals surface area contributed by atoms with Crippen LogP contribution in [0.2, 0.25) is 0 Å². The van der Waals surface area contributed by atoms with Gasteiger partial charge in [0.05, 0.1) is 0 Å². The lowest BCUT2D eigenvalue weighted by Gasteiger charge is -2.26. The summed E-state index contributed by atoms with van der Waals surface area (Å²) in [6, 6.07) is 0. The fraction of sp³-hybridized carbons (Fsp3) is 0.700. The third kappa shape index (κ3) is 8.80. The molecule has 0 aliphatic heterocycles. The van der Waals surface area contributed by atoms with Gasteiger partial charge in [0.2, 0.25) is 0 Å². The van der Waals surface area contributed by atoms with E-state index >= 15 is 0 Å². The molecule has 0 spiro atoms. The number of nitrogens with zero attached hydrogens (tertiary/aromatic N) is 1. The van der Waals surface area contributed by atoms with E-state index in [9.17, 15) is 0 Å². The summed E-state index contributed by atoms with van der Waals surface area (Å²) in [7, 11) is 2.15. The molecule has 0 aromatic heterocycles.